The van der Waals surface area contributed by atoms with Gasteiger partial charge in [0.2, 0.25) is 0 Å². The standard InChI is InChI=1S/C24H30N2/c1-5-9-22(25)23-16(4)14-21(20(6-2)24(23)26-7-3)19-13-12-17-10-8-11-18(17)15-19/h7,9,12-15,26H,3,5-6,8,10-11,25H2,1-2,4H3/b22-9+. The van der Waals surface area contributed by atoms with E-state index in [1.807, 2.05) is 0 Å². The summed E-state index contributed by atoms with van der Waals surface area (Å²) in [6.07, 6.45) is 9.40. The van der Waals surface area contributed by atoms with E-state index < -0.39 is 0 Å². The van der Waals surface area contributed by atoms with Gasteiger partial charge >= 0.3 is 0 Å². The summed E-state index contributed by atoms with van der Waals surface area (Å²) in [5.41, 5.74) is 17.6. The molecule has 0 saturated carbocycles. The molecule has 0 fully saturated rings. The van der Waals surface area contributed by atoms with Crippen molar-refractivity contribution in [1.82, 2.24) is 0 Å². The molecule has 0 bridgehead atoms. The lowest BCUT2D eigenvalue weighted by molar-refractivity contribution is 0.912. The molecule has 0 amide bonds. The molecule has 0 spiro atoms. The zero-order chi connectivity index (χ0) is 18.7. The molecule has 3 N–H and O–H groups in total. The lowest BCUT2D eigenvalue weighted by Crippen LogP contribution is -2.08. The van der Waals surface area contributed by atoms with Gasteiger partial charge in [0.25, 0.3) is 0 Å². The van der Waals surface area contributed by atoms with E-state index in [0.29, 0.717) is 0 Å². The number of aryl methyl sites for hydroxylation is 3. The highest BCUT2D eigenvalue weighted by atomic mass is 14.9. The summed E-state index contributed by atoms with van der Waals surface area (Å²) >= 11 is 0. The molecule has 0 aliphatic heterocycles. The molecule has 2 aromatic rings. The van der Waals surface area contributed by atoms with E-state index in [2.05, 4.69) is 63.0 Å². The Morgan fingerprint density at radius 3 is 2.65 bits per heavy atom. The molecule has 0 atom stereocenters. The average molecular weight is 347 g/mol. The Hall–Kier alpha value is -2.48. The van der Waals surface area contributed by atoms with Crippen LogP contribution in [0.5, 0.6) is 0 Å². The minimum atomic E-state index is 0.838. The monoisotopic (exact) mass is 346 g/mol. The number of fused-ring (bicyclic) bond motifs is 1. The number of rotatable bonds is 6. The summed E-state index contributed by atoms with van der Waals surface area (Å²) in [4.78, 5) is 0. The van der Waals surface area contributed by atoms with Crippen molar-refractivity contribution in [1.29, 1.82) is 0 Å². The first kappa shape index (κ1) is 18.3. The topological polar surface area (TPSA) is 38.0 Å². The number of nitrogens with one attached hydrogen (secondary N) is 1. The lowest BCUT2D eigenvalue weighted by Gasteiger charge is -2.21. The van der Waals surface area contributed by atoms with Crippen molar-refractivity contribution in [3.63, 3.8) is 0 Å². The van der Waals surface area contributed by atoms with Crippen LogP contribution in [0.2, 0.25) is 0 Å². The van der Waals surface area contributed by atoms with E-state index in [4.69, 9.17) is 5.73 Å². The van der Waals surface area contributed by atoms with Crippen LogP contribution in [0.1, 0.15) is 54.5 Å². The van der Waals surface area contributed by atoms with Crippen molar-refractivity contribution in [3.8, 4) is 11.1 Å². The van der Waals surface area contributed by atoms with Gasteiger partial charge in [0.05, 0.1) is 5.69 Å². The molecular formula is C24H30N2. The number of hydrogen-bond donors (Lipinski definition) is 2. The van der Waals surface area contributed by atoms with E-state index in [1.165, 1.54) is 52.6 Å². The summed E-state index contributed by atoms with van der Waals surface area (Å²) in [5.74, 6) is 0. The zero-order valence-electron chi connectivity index (χ0n) is 16.3. The Labute approximate surface area is 157 Å². The first-order valence-electron chi connectivity index (χ1n) is 9.72. The lowest BCUT2D eigenvalue weighted by atomic mass is 9.88. The van der Waals surface area contributed by atoms with Crippen LogP contribution in [0, 0.1) is 6.92 Å². The fraction of sp³-hybridized carbons (Fsp3) is 0.333. The van der Waals surface area contributed by atoms with Crippen LogP contribution in [0.25, 0.3) is 16.8 Å². The van der Waals surface area contributed by atoms with Gasteiger partial charge in [-0.3, -0.25) is 0 Å². The Balaban J connectivity index is 2.23. The number of hydrogen-bond acceptors (Lipinski definition) is 2. The van der Waals surface area contributed by atoms with Gasteiger partial charge in [-0.1, -0.05) is 50.8 Å². The van der Waals surface area contributed by atoms with Gasteiger partial charge in [-0.2, -0.15) is 0 Å². The maximum Gasteiger partial charge on any atom is 0.0515 e. The van der Waals surface area contributed by atoms with Gasteiger partial charge in [-0.25, -0.2) is 0 Å². The number of allylic oxidation sites excluding steroid dienone is 1. The van der Waals surface area contributed by atoms with Gasteiger partial charge in [0.1, 0.15) is 0 Å². The maximum atomic E-state index is 6.41. The second-order valence-electron chi connectivity index (χ2n) is 7.08. The molecule has 2 heteroatoms. The average Bonchev–Trinajstić information content (AvgIpc) is 3.09. The van der Waals surface area contributed by atoms with Crippen molar-refractivity contribution in [3.05, 3.63) is 70.9 Å². The molecule has 0 saturated heterocycles. The molecular weight excluding hydrogens is 316 g/mol. The van der Waals surface area contributed by atoms with E-state index in [-0.39, 0.29) is 0 Å². The minimum absolute atomic E-state index is 0.838. The first-order chi connectivity index (χ1) is 12.6. The zero-order valence-corrected chi connectivity index (χ0v) is 16.3. The van der Waals surface area contributed by atoms with Gasteiger partial charge in [-0.15, -0.1) is 0 Å². The van der Waals surface area contributed by atoms with Crippen molar-refractivity contribution in [2.45, 2.75) is 52.9 Å². The molecule has 0 aromatic heterocycles. The maximum absolute atomic E-state index is 6.41. The largest absolute Gasteiger partial charge is 0.398 e. The molecule has 2 nitrogen and oxygen atoms in total. The summed E-state index contributed by atoms with van der Waals surface area (Å²) in [7, 11) is 0. The fourth-order valence-corrected chi connectivity index (χ4v) is 4.18. The van der Waals surface area contributed by atoms with Crippen LogP contribution >= 0.6 is 0 Å². The highest BCUT2D eigenvalue weighted by molar-refractivity contribution is 5.86. The summed E-state index contributed by atoms with van der Waals surface area (Å²) < 4.78 is 0. The predicted octanol–water partition coefficient (Wildman–Crippen LogP) is 5.98. The third-order valence-electron chi connectivity index (χ3n) is 5.35. The molecule has 1 aliphatic rings. The quantitative estimate of drug-likeness (QED) is 0.675. The third kappa shape index (κ3) is 3.29. The van der Waals surface area contributed by atoms with E-state index >= 15 is 0 Å². The first-order valence-corrected chi connectivity index (χ1v) is 9.72. The highest BCUT2D eigenvalue weighted by Gasteiger charge is 2.19. The molecule has 0 radical (unpaired) electrons. The predicted molar refractivity (Wildman–Crippen MR) is 114 cm³/mol. The number of nitrogens with two attached hydrogens (primary N) is 1. The van der Waals surface area contributed by atoms with Crippen molar-refractivity contribution in [2.75, 3.05) is 5.32 Å². The van der Waals surface area contributed by atoms with Crippen LogP contribution in [-0.4, -0.2) is 0 Å². The Bertz CT molecular complexity index is 859. The smallest absolute Gasteiger partial charge is 0.0515 e. The van der Waals surface area contributed by atoms with Crippen LogP contribution in [0.3, 0.4) is 0 Å². The summed E-state index contributed by atoms with van der Waals surface area (Å²) in [5, 5.41) is 3.38. The molecule has 136 valence electrons. The number of anilines is 1. The van der Waals surface area contributed by atoms with Gasteiger partial charge in [0.15, 0.2) is 0 Å². The van der Waals surface area contributed by atoms with E-state index in [9.17, 15) is 0 Å². The van der Waals surface area contributed by atoms with Crippen molar-refractivity contribution < 1.29 is 0 Å². The SMILES string of the molecule is C=CNc1c(CC)c(-c2ccc3c(c2)CCC3)cc(C)c1/C(N)=C\CC. The molecule has 3 rings (SSSR count). The van der Waals surface area contributed by atoms with E-state index in [1.54, 1.807) is 6.20 Å². The molecule has 1 aliphatic carbocycles. The van der Waals surface area contributed by atoms with Crippen molar-refractivity contribution >= 4 is 11.4 Å². The summed E-state index contributed by atoms with van der Waals surface area (Å²) in [6.45, 7) is 10.4. The van der Waals surface area contributed by atoms with Gasteiger partial charge in [-0.05, 0) is 78.6 Å². The third-order valence-corrected chi connectivity index (χ3v) is 5.35. The Morgan fingerprint density at radius 2 is 1.96 bits per heavy atom. The van der Waals surface area contributed by atoms with Gasteiger partial charge < -0.3 is 11.1 Å². The van der Waals surface area contributed by atoms with Crippen LogP contribution in [-0.2, 0) is 19.3 Å². The Kier molecular flexibility index (Phi) is 5.51. The highest BCUT2D eigenvalue weighted by Crippen LogP contribution is 2.38. The van der Waals surface area contributed by atoms with Crippen LogP contribution in [0.4, 0.5) is 5.69 Å². The molecule has 2 aromatic carbocycles. The van der Waals surface area contributed by atoms with Crippen LogP contribution in [0.15, 0.2) is 43.1 Å². The molecule has 26 heavy (non-hydrogen) atoms. The summed E-state index contributed by atoms with van der Waals surface area (Å²) in [6, 6.07) is 9.28. The minimum Gasteiger partial charge on any atom is -0.398 e. The molecule has 0 unspecified atom stereocenters. The second-order valence-corrected chi connectivity index (χ2v) is 7.08. The van der Waals surface area contributed by atoms with E-state index in [0.717, 1.165) is 29.8 Å². The van der Waals surface area contributed by atoms with Crippen molar-refractivity contribution in [2.24, 2.45) is 5.73 Å². The second kappa shape index (κ2) is 7.82. The number of benzene rings is 2. The van der Waals surface area contributed by atoms with Crippen LogP contribution < -0.4 is 11.1 Å². The molecule has 0 heterocycles. The van der Waals surface area contributed by atoms with Gasteiger partial charge in [0, 0.05) is 11.3 Å². The normalized spacial score (nSPS) is 13.6. The Morgan fingerprint density at radius 1 is 1.19 bits per heavy atom. The fourth-order valence-electron chi connectivity index (χ4n) is 4.18.